The van der Waals surface area contributed by atoms with E-state index < -0.39 is 23.3 Å². The van der Waals surface area contributed by atoms with E-state index in [-0.39, 0.29) is 17.9 Å². The van der Waals surface area contributed by atoms with Gasteiger partial charge in [0.15, 0.2) is 0 Å². The average Bonchev–Trinajstić information content (AvgIpc) is 3.48. The third kappa shape index (κ3) is 4.10. The van der Waals surface area contributed by atoms with Crippen LogP contribution in [0.1, 0.15) is 18.3 Å². The van der Waals surface area contributed by atoms with E-state index in [0.717, 1.165) is 29.2 Å². The van der Waals surface area contributed by atoms with Crippen LogP contribution in [0.3, 0.4) is 0 Å². The summed E-state index contributed by atoms with van der Waals surface area (Å²) in [4.78, 5) is 10.6. The first kappa shape index (κ1) is 22.3. The summed E-state index contributed by atoms with van der Waals surface area (Å²) in [5, 5.41) is 15.9. The Hall–Kier alpha value is -3.50. The lowest BCUT2D eigenvalue weighted by atomic mass is 9.85. The normalized spacial score (nSPS) is 16.7. The van der Waals surface area contributed by atoms with Gasteiger partial charge >= 0.3 is 0 Å². The number of halogens is 3. The highest BCUT2D eigenvalue weighted by Crippen LogP contribution is 2.34. The standard InChI is InChI=1S/C24H23F3N6O/c1-16(24(34,13-33-15-28-14-29-33)20-7-6-19(26)10-21(20)27)31-8-9-32-11-22(30-23(32)12-31)17-2-4-18(25)5-3-17/h2-7,10-11,14-16,34H,8-9,12-13H2,1H3. The fourth-order valence-electron chi connectivity index (χ4n) is 4.51. The number of benzene rings is 2. The highest BCUT2D eigenvalue weighted by Gasteiger charge is 2.43. The molecule has 5 rings (SSSR count). The van der Waals surface area contributed by atoms with Crippen LogP contribution in [0.25, 0.3) is 11.3 Å². The summed E-state index contributed by atoms with van der Waals surface area (Å²) in [6.45, 7) is 3.33. The van der Waals surface area contributed by atoms with Crippen molar-refractivity contribution in [1.29, 1.82) is 0 Å². The molecule has 2 aromatic heterocycles. The molecule has 0 radical (unpaired) electrons. The summed E-state index contributed by atoms with van der Waals surface area (Å²) in [5.74, 6) is -1.08. The van der Waals surface area contributed by atoms with Gasteiger partial charge < -0.3 is 9.67 Å². The van der Waals surface area contributed by atoms with Gasteiger partial charge in [-0.1, -0.05) is 6.07 Å². The van der Waals surface area contributed by atoms with E-state index >= 15 is 0 Å². The Morgan fingerprint density at radius 1 is 1.06 bits per heavy atom. The van der Waals surface area contributed by atoms with Crippen molar-refractivity contribution >= 4 is 0 Å². The second-order valence-corrected chi connectivity index (χ2v) is 8.53. The van der Waals surface area contributed by atoms with Crippen LogP contribution in [0.15, 0.2) is 61.3 Å². The molecular weight excluding hydrogens is 445 g/mol. The Kier molecular flexibility index (Phi) is 5.70. The molecule has 4 aromatic rings. The van der Waals surface area contributed by atoms with Crippen molar-refractivity contribution in [3.05, 3.63) is 90.2 Å². The highest BCUT2D eigenvalue weighted by molar-refractivity contribution is 5.58. The summed E-state index contributed by atoms with van der Waals surface area (Å²) in [5.41, 5.74) is -0.205. The molecule has 0 bridgehead atoms. The third-order valence-electron chi connectivity index (χ3n) is 6.48. The summed E-state index contributed by atoms with van der Waals surface area (Å²) in [7, 11) is 0. The fraction of sp³-hybridized carbons (Fsp3) is 0.292. The highest BCUT2D eigenvalue weighted by atomic mass is 19.1. The molecule has 34 heavy (non-hydrogen) atoms. The molecule has 0 amide bonds. The number of fused-ring (bicyclic) bond motifs is 1. The van der Waals surface area contributed by atoms with E-state index in [2.05, 4.69) is 10.1 Å². The van der Waals surface area contributed by atoms with E-state index in [4.69, 9.17) is 4.98 Å². The van der Waals surface area contributed by atoms with Gasteiger partial charge in [-0.15, -0.1) is 0 Å². The molecule has 1 aliphatic heterocycles. The van der Waals surface area contributed by atoms with Crippen LogP contribution in [0.2, 0.25) is 0 Å². The van der Waals surface area contributed by atoms with Crippen molar-refractivity contribution in [1.82, 2.24) is 29.2 Å². The van der Waals surface area contributed by atoms with Crippen molar-refractivity contribution in [2.45, 2.75) is 38.2 Å². The molecule has 10 heteroatoms. The zero-order valence-corrected chi connectivity index (χ0v) is 18.4. The van der Waals surface area contributed by atoms with Crippen molar-refractivity contribution in [3.63, 3.8) is 0 Å². The molecule has 1 N–H and O–H groups in total. The lowest BCUT2D eigenvalue weighted by molar-refractivity contribution is -0.0709. The number of hydrogen-bond donors (Lipinski definition) is 1. The molecule has 0 saturated carbocycles. The van der Waals surface area contributed by atoms with Gasteiger partial charge in [0.1, 0.15) is 41.5 Å². The molecule has 0 saturated heterocycles. The van der Waals surface area contributed by atoms with Crippen LogP contribution in [-0.4, -0.2) is 46.9 Å². The van der Waals surface area contributed by atoms with Crippen molar-refractivity contribution in [2.75, 3.05) is 6.54 Å². The number of rotatable bonds is 6. The van der Waals surface area contributed by atoms with Gasteiger partial charge in [-0.25, -0.2) is 27.8 Å². The van der Waals surface area contributed by atoms with Crippen LogP contribution < -0.4 is 0 Å². The van der Waals surface area contributed by atoms with Gasteiger partial charge in [-0.3, -0.25) is 4.90 Å². The van der Waals surface area contributed by atoms with Crippen LogP contribution in [0.4, 0.5) is 13.2 Å². The predicted octanol–water partition coefficient (Wildman–Crippen LogP) is 3.35. The Bertz CT molecular complexity index is 1290. The second kappa shape index (κ2) is 8.69. The summed E-state index contributed by atoms with van der Waals surface area (Å²) in [6.07, 6.45) is 4.70. The first-order valence-electron chi connectivity index (χ1n) is 10.9. The molecule has 176 valence electrons. The van der Waals surface area contributed by atoms with Gasteiger partial charge in [0.05, 0.1) is 18.8 Å². The van der Waals surface area contributed by atoms with Gasteiger partial charge in [0.2, 0.25) is 0 Å². The Labute approximate surface area is 194 Å². The van der Waals surface area contributed by atoms with Crippen LogP contribution in [-0.2, 0) is 25.2 Å². The van der Waals surface area contributed by atoms with Gasteiger partial charge in [0.25, 0.3) is 0 Å². The van der Waals surface area contributed by atoms with Crippen LogP contribution >= 0.6 is 0 Å². The molecule has 1 aliphatic rings. The van der Waals surface area contributed by atoms with Crippen molar-refractivity contribution in [3.8, 4) is 11.3 Å². The van der Waals surface area contributed by atoms with E-state index in [1.165, 1.54) is 35.5 Å². The quantitative estimate of drug-likeness (QED) is 0.470. The van der Waals surface area contributed by atoms with Crippen LogP contribution in [0.5, 0.6) is 0 Å². The summed E-state index contributed by atoms with van der Waals surface area (Å²) < 4.78 is 45.2. The maximum atomic E-state index is 14.9. The topological polar surface area (TPSA) is 72.0 Å². The minimum absolute atomic E-state index is 0.0159. The van der Waals surface area contributed by atoms with Crippen molar-refractivity contribution < 1.29 is 18.3 Å². The summed E-state index contributed by atoms with van der Waals surface area (Å²) >= 11 is 0. The van der Waals surface area contributed by atoms with E-state index in [9.17, 15) is 18.3 Å². The number of aromatic nitrogens is 5. The molecule has 2 atom stereocenters. The zero-order chi connectivity index (χ0) is 23.9. The minimum Gasteiger partial charge on any atom is -0.381 e. The fourth-order valence-corrected chi connectivity index (χ4v) is 4.51. The lowest BCUT2D eigenvalue weighted by Crippen LogP contribution is -2.53. The monoisotopic (exact) mass is 468 g/mol. The number of imidazole rings is 1. The Morgan fingerprint density at radius 3 is 2.53 bits per heavy atom. The lowest BCUT2D eigenvalue weighted by Gasteiger charge is -2.42. The molecule has 2 unspecified atom stereocenters. The molecule has 2 aromatic carbocycles. The zero-order valence-electron chi connectivity index (χ0n) is 18.4. The van der Waals surface area contributed by atoms with Gasteiger partial charge in [-0.05, 0) is 37.3 Å². The van der Waals surface area contributed by atoms with E-state index in [1.807, 2.05) is 15.7 Å². The minimum atomic E-state index is -1.72. The molecule has 0 aliphatic carbocycles. The van der Waals surface area contributed by atoms with Crippen LogP contribution in [0, 0.1) is 17.5 Å². The number of hydrogen-bond acceptors (Lipinski definition) is 5. The number of aliphatic hydroxyl groups is 1. The summed E-state index contributed by atoms with van der Waals surface area (Å²) in [6, 6.07) is 8.75. The van der Waals surface area contributed by atoms with Gasteiger partial charge in [-0.2, -0.15) is 5.10 Å². The van der Waals surface area contributed by atoms with E-state index in [0.29, 0.717) is 19.6 Å². The number of nitrogens with zero attached hydrogens (tertiary/aromatic N) is 6. The van der Waals surface area contributed by atoms with E-state index in [1.54, 1.807) is 19.1 Å². The third-order valence-corrected chi connectivity index (χ3v) is 6.48. The Morgan fingerprint density at radius 2 is 1.82 bits per heavy atom. The molecular formula is C24H23F3N6O. The maximum Gasteiger partial charge on any atom is 0.137 e. The largest absolute Gasteiger partial charge is 0.381 e. The molecule has 0 spiro atoms. The van der Waals surface area contributed by atoms with Crippen molar-refractivity contribution in [2.24, 2.45) is 0 Å². The first-order valence-corrected chi connectivity index (χ1v) is 10.9. The molecule has 3 heterocycles. The average molecular weight is 468 g/mol. The molecule has 0 fully saturated rings. The first-order chi connectivity index (χ1) is 16.3. The molecule has 7 nitrogen and oxygen atoms in total. The second-order valence-electron chi connectivity index (χ2n) is 8.53. The smallest absolute Gasteiger partial charge is 0.137 e. The Balaban J connectivity index is 1.45. The maximum absolute atomic E-state index is 14.9. The SMILES string of the molecule is CC(N1CCn2cc(-c3ccc(F)cc3)nc2C1)C(O)(Cn1cncn1)c1ccc(F)cc1F. The predicted molar refractivity (Wildman–Crippen MR) is 118 cm³/mol. The van der Waals surface area contributed by atoms with Gasteiger partial charge in [0, 0.05) is 42.5 Å².